The molecule has 0 amide bonds. The fourth-order valence-corrected chi connectivity index (χ4v) is 4.80. The minimum Gasteiger partial charge on any atom is -0.258 e. The molecular weight excluding hydrogens is 393 g/mol. The summed E-state index contributed by atoms with van der Waals surface area (Å²) in [6, 6.07) is 10.5. The van der Waals surface area contributed by atoms with E-state index < -0.39 is 20.8 Å². The summed E-state index contributed by atoms with van der Waals surface area (Å²) in [6.07, 6.45) is 0. The summed E-state index contributed by atoms with van der Waals surface area (Å²) in [5.74, 6) is -0.531. The molecule has 0 saturated heterocycles. The Balaban J connectivity index is 1.97. The lowest BCUT2D eigenvalue weighted by Crippen LogP contribution is -2.16. The highest BCUT2D eigenvalue weighted by Gasteiger charge is 2.24. The first kappa shape index (κ1) is 19.1. The predicted molar refractivity (Wildman–Crippen MR) is 97.9 cm³/mol. The molecule has 0 fully saturated rings. The van der Waals surface area contributed by atoms with Crippen LogP contribution in [0.4, 0.5) is 10.1 Å². The van der Waals surface area contributed by atoms with Gasteiger partial charge in [-0.05, 0) is 50.2 Å². The van der Waals surface area contributed by atoms with Gasteiger partial charge in [0.25, 0.3) is 15.7 Å². The lowest BCUT2D eigenvalue weighted by atomic mass is 10.3. The van der Waals surface area contributed by atoms with E-state index >= 15 is 0 Å². The van der Waals surface area contributed by atoms with Crippen molar-refractivity contribution < 1.29 is 17.7 Å². The minimum absolute atomic E-state index is 0.0256. The van der Waals surface area contributed by atoms with Crippen molar-refractivity contribution in [2.45, 2.75) is 28.5 Å². The third kappa shape index (κ3) is 3.71. The van der Waals surface area contributed by atoms with Gasteiger partial charge in [0.05, 0.1) is 26.1 Å². The van der Waals surface area contributed by atoms with Gasteiger partial charge in [-0.25, -0.2) is 4.39 Å². The van der Waals surface area contributed by atoms with E-state index in [1.807, 2.05) is 0 Å². The maximum atomic E-state index is 13.1. The van der Waals surface area contributed by atoms with Gasteiger partial charge in [-0.1, -0.05) is 11.8 Å². The molecule has 0 aliphatic heterocycles. The number of nitrogens with zero attached hydrogens (tertiary/aromatic N) is 3. The zero-order chi connectivity index (χ0) is 19.8. The topological polar surface area (TPSA) is 95.1 Å². The van der Waals surface area contributed by atoms with Gasteiger partial charge < -0.3 is 0 Å². The van der Waals surface area contributed by atoms with Crippen LogP contribution in [0, 0.1) is 29.8 Å². The predicted octanol–water partition coefficient (Wildman–Crippen LogP) is 3.94. The molecule has 0 radical (unpaired) electrons. The molecule has 140 valence electrons. The summed E-state index contributed by atoms with van der Waals surface area (Å²) in [5.41, 5.74) is 0.879. The fraction of sp³-hybridized carbons (Fsp3) is 0.118. The standard InChI is InChI=1S/C17H14FN3O4S2/c1-11-17(26-15-7-5-14(6-8-15)21(22)23)12(2)20(19-11)27(24,25)16-9-3-13(18)4-10-16/h3-10H,1-2H3. The number of hydrogen-bond acceptors (Lipinski definition) is 6. The van der Waals surface area contributed by atoms with E-state index in [1.54, 1.807) is 26.0 Å². The number of halogens is 1. The Morgan fingerprint density at radius 3 is 2.22 bits per heavy atom. The molecule has 1 heterocycles. The normalized spacial score (nSPS) is 11.5. The van der Waals surface area contributed by atoms with Crippen molar-refractivity contribution in [3.63, 3.8) is 0 Å². The molecule has 0 bridgehead atoms. The second kappa shape index (κ2) is 7.12. The molecule has 3 rings (SSSR count). The summed E-state index contributed by atoms with van der Waals surface area (Å²) in [4.78, 5) is 11.5. The summed E-state index contributed by atoms with van der Waals surface area (Å²) < 4.78 is 39.6. The maximum absolute atomic E-state index is 13.1. The van der Waals surface area contributed by atoms with E-state index in [9.17, 15) is 22.9 Å². The van der Waals surface area contributed by atoms with Gasteiger partial charge in [0.1, 0.15) is 5.82 Å². The molecule has 0 N–H and O–H groups in total. The van der Waals surface area contributed by atoms with E-state index in [0.717, 1.165) is 16.2 Å². The maximum Gasteiger partial charge on any atom is 0.283 e. The molecule has 0 unspecified atom stereocenters. The summed E-state index contributed by atoms with van der Waals surface area (Å²) in [7, 11) is -3.96. The Bertz CT molecular complexity index is 1110. The Labute approximate surface area is 159 Å². The Kier molecular flexibility index (Phi) is 5.03. The molecule has 0 saturated carbocycles. The number of nitro groups is 1. The molecule has 0 atom stereocenters. The van der Waals surface area contributed by atoms with E-state index in [-0.39, 0.29) is 10.6 Å². The lowest BCUT2D eigenvalue weighted by molar-refractivity contribution is -0.384. The van der Waals surface area contributed by atoms with Gasteiger partial charge in [-0.2, -0.15) is 17.6 Å². The Hall–Kier alpha value is -2.72. The minimum atomic E-state index is -3.96. The Morgan fingerprint density at radius 1 is 1.07 bits per heavy atom. The molecule has 1 aromatic heterocycles. The zero-order valence-corrected chi connectivity index (χ0v) is 15.9. The first-order valence-electron chi connectivity index (χ1n) is 7.70. The number of aryl methyl sites for hydroxylation is 1. The number of nitro benzene ring substituents is 1. The van der Waals surface area contributed by atoms with Crippen LogP contribution in [0.2, 0.25) is 0 Å². The molecule has 3 aromatic rings. The number of aromatic nitrogens is 2. The zero-order valence-electron chi connectivity index (χ0n) is 14.3. The molecule has 7 nitrogen and oxygen atoms in total. The molecular formula is C17H14FN3O4S2. The van der Waals surface area contributed by atoms with Crippen LogP contribution in [0.1, 0.15) is 11.4 Å². The van der Waals surface area contributed by atoms with Crippen molar-refractivity contribution in [1.29, 1.82) is 0 Å². The van der Waals surface area contributed by atoms with Crippen LogP contribution in [0.5, 0.6) is 0 Å². The summed E-state index contributed by atoms with van der Waals surface area (Å²) in [5, 5.41) is 14.9. The molecule has 10 heteroatoms. The quantitative estimate of drug-likeness (QED) is 0.470. The third-order valence-corrected chi connectivity index (χ3v) is 6.77. The first-order valence-corrected chi connectivity index (χ1v) is 9.95. The van der Waals surface area contributed by atoms with Crippen molar-refractivity contribution >= 4 is 27.5 Å². The molecule has 0 spiro atoms. The van der Waals surface area contributed by atoms with Crippen molar-refractivity contribution in [2.75, 3.05) is 0 Å². The lowest BCUT2D eigenvalue weighted by Gasteiger charge is -2.07. The highest BCUT2D eigenvalue weighted by atomic mass is 32.2. The molecule has 27 heavy (non-hydrogen) atoms. The smallest absolute Gasteiger partial charge is 0.258 e. The van der Waals surface area contributed by atoms with Gasteiger partial charge in [-0.15, -0.1) is 0 Å². The van der Waals surface area contributed by atoms with E-state index in [2.05, 4.69) is 5.10 Å². The van der Waals surface area contributed by atoms with E-state index in [0.29, 0.717) is 21.2 Å². The summed E-state index contributed by atoms with van der Waals surface area (Å²) in [6.45, 7) is 3.30. The fourth-order valence-electron chi connectivity index (χ4n) is 2.45. The average Bonchev–Trinajstić information content (AvgIpc) is 2.91. The van der Waals surface area contributed by atoms with Gasteiger partial charge >= 0.3 is 0 Å². The van der Waals surface area contributed by atoms with E-state index in [1.165, 1.54) is 36.0 Å². The van der Waals surface area contributed by atoms with E-state index in [4.69, 9.17) is 0 Å². The van der Waals surface area contributed by atoms with Crippen LogP contribution < -0.4 is 0 Å². The number of benzene rings is 2. The van der Waals surface area contributed by atoms with Crippen molar-refractivity contribution in [2.24, 2.45) is 0 Å². The third-order valence-electron chi connectivity index (χ3n) is 3.79. The van der Waals surface area contributed by atoms with Crippen LogP contribution >= 0.6 is 11.8 Å². The average molecular weight is 407 g/mol. The van der Waals surface area contributed by atoms with Crippen LogP contribution in [0.3, 0.4) is 0 Å². The molecule has 0 aliphatic rings. The van der Waals surface area contributed by atoms with Gasteiger partial charge in [0.15, 0.2) is 0 Å². The second-order valence-corrected chi connectivity index (χ2v) is 8.51. The SMILES string of the molecule is Cc1nn(S(=O)(=O)c2ccc(F)cc2)c(C)c1Sc1ccc([N+](=O)[O-])cc1. The summed E-state index contributed by atoms with van der Waals surface area (Å²) >= 11 is 1.27. The molecule has 0 aliphatic carbocycles. The number of rotatable bonds is 5. The highest BCUT2D eigenvalue weighted by molar-refractivity contribution is 7.99. The van der Waals surface area contributed by atoms with Crippen LogP contribution in [-0.2, 0) is 10.0 Å². The van der Waals surface area contributed by atoms with Crippen molar-refractivity contribution in [1.82, 2.24) is 9.19 Å². The number of hydrogen-bond donors (Lipinski definition) is 0. The van der Waals surface area contributed by atoms with Crippen molar-refractivity contribution in [3.05, 3.63) is 75.9 Å². The largest absolute Gasteiger partial charge is 0.283 e. The highest BCUT2D eigenvalue weighted by Crippen LogP contribution is 2.34. The molecule has 2 aromatic carbocycles. The van der Waals surface area contributed by atoms with Gasteiger partial charge in [0, 0.05) is 17.0 Å². The van der Waals surface area contributed by atoms with Crippen LogP contribution in [-0.4, -0.2) is 22.5 Å². The Morgan fingerprint density at radius 2 is 1.67 bits per heavy atom. The second-order valence-electron chi connectivity index (χ2n) is 5.65. The number of non-ortho nitro benzene ring substituents is 1. The monoisotopic (exact) mass is 407 g/mol. The van der Waals surface area contributed by atoms with Crippen molar-refractivity contribution in [3.8, 4) is 0 Å². The van der Waals surface area contributed by atoms with Gasteiger partial charge in [0.2, 0.25) is 0 Å². The first-order chi connectivity index (χ1) is 12.7. The van der Waals surface area contributed by atoms with Crippen LogP contribution in [0.25, 0.3) is 0 Å². The van der Waals surface area contributed by atoms with Crippen LogP contribution in [0.15, 0.2) is 63.2 Å². The van der Waals surface area contributed by atoms with Gasteiger partial charge in [-0.3, -0.25) is 10.1 Å².